The number of nitrogens with zero attached hydrogens (tertiary/aromatic N) is 3. The van der Waals surface area contributed by atoms with Crippen LogP contribution in [0.5, 0.6) is 0 Å². The summed E-state index contributed by atoms with van der Waals surface area (Å²) in [4.78, 5) is 62.7. The van der Waals surface area contributed by atoms with Crippen LogP contribution in [0, 0.1) is 5.92 Å². The van der Waals surface area contributed by atoms with E-state index in [9.17, 15) is 24.3 Å². The second kappa shape index (κ2) is 13.4. The minimum absolute atomic E-state index is 0.0971. The van der Waals surface area contributed by atoms with E-state index in [1.165, 1.54) is 11.2 Å². The van der Waals surface area contributed by atoms with Gasteiger partial charge in [0.05, 0.1) is 12.4 Å². The lowest BCUT2D eigenvalue weighted by molar-refractivity contribution is -0.145. The van der Waals surface area contributed by atoms with Gasteiger partial charge in [0.15, 0.2) is 5.96 Å². The molecule has 0 aliphatic carbocycles. The normalized spacial score (nSPS) is 17.8. The Labute approximate surface area is 209 Å². The first-order valence-corrected chi connectivity index (χ1v) is 11.9. The highest BCUT2D eigenvalue weighted by atomic mass is 16.4. The molecule has 0 spiro atoms. The van der Waals surface area contributed by atoms with E-state index in [4.69, 9.17) is 17.2 Å². The monoisotopic (exact) mass is 507 g/mol. The predicted octanol–water partition coefficient (Wildman–Crippen LogP) is -1.97. The number of H-pyrrole nitrogens is 1. The van der Waals surface area contributed by atoms with Crippen LogP contribution in [-0.2, 0) is 25.6 Å². The minimum atomic E-state index is -1.19. The predicted molar refractivity (Wildman–Crippen MR) is 131 cm³/mol. The molecule has 2 rings (SSSR count). The third-order valence-electron chi connectivity index (χ3n) is 5.96. The summed E-state index contributed by atoms with van der Waals surface area (Å²) >= 11 is 0. The van der Waals surface area contributed by atoms with Gasteiger partial charge in [0.25, 0.3) is 0 Å². The highest BCUT2D eigenvalue weighted by Gasteiger charge is 2.40. The lowest BCUT2D eigenvalue weighted by atomic mass is 10.0. The van der Waals surface area contributed by atoms with Crippen LogP contribution in [-0.4, -0.2) is 86.9 Å². The maximum Gasteiger partial charge on any atom is 0.326 e. The number of likely N-dealkylation sites (tertiary alicyclic amines) is 1. The van der Waals surface area contributed by atoms with Crippen molar-refractivity contribution in [2.45, 2.75) is 70.1 Å². The van der Waals surface area contributed by atoms with E-state index in [2.05, 4.69) is 25.6 Å². The maximum absolute atomic E-state index is 13.4. The first kappa shape index (κ1) is 28.6. The van der Waals surface area contributed by atoms with E-state index >= 15 is 0 Å². The summed E-state index contributed by atoms with van der Waals surface area (Å²) in [7, 11) is 0. The summed E-state index contributed by atoms with van der Waals surface area (Å²) in [5.74, 6) is -3.03. The third-order valence-corrected chi connectivity index (χ3v) is 5.96. The van der Waals surface area contributed by atoms with Crippen LogP contribution in [0.25, 0.3) is 0 Å². The molecule has 10 N–H and O–H groups in total. The van der Waals surface area contributed by atoms with Gasteiger partial charge in [-0.1, -0.05) is 13.8 Å². The Bertz CT molecular complexity index is 930. The fourth-order valence-electron chi connectivity index (χ4n) is 4.01. The van der Waals surface area contributed by atoms with Gasteiger partial charge >= 0.3 is 5.97 Å². The Morgan fingerprint density at radius 2 is 2.00 bits per heavy atom. The van der Waals surface area contributed by atoms with E-state index < -0.39 is 47.9 Å². The number of rotatable bonds is 13. The van der Waals surface area contributed by atoms with Gasteiger partial charge in [0.1, 0.15) is 18.1 Å². The highest BCUT2D eigenvalue weighted by Crippen LogP contribution is 2.21. The number of carbonyl (C=O) groups is 4. The van der Waals surface area contributed by atoms with Crippen molar-refractivity contribution in [2.75, 3.05) is 13.1 Å². The van der Waals surface area contributed by atoms with Crippen LogP contribution in [0.15, 0.2) is 17.5 Å². The summed E-state index contributed by atoms with van der Waals surface area (Å²) < 4.78 is 0. The number of guanidine groups is 1. The summed E-state index contributed by atoms with van der Waals surface area (Å²) in [6.07, 6.45) is 4.70. The molecule has 200 valence electrons. The van der Waals surface area contributed by atoms with Crippen molar-refractivity contribution in [1.29, 1.82) is 0 Å². The zero-order valence-corrected chi connectivity index (χ0v) is 20.6. The number of amides is 3. The first-order valence-electron chi connectivity index (χ1n) is 11.9. The van der Waals surface area contributed by atoms with Crippen LogP contribution in [0.4, 0.5) is 0 Å². The standard InChI is InChI=1S/C22H37N9O5/c1-12(2)17(30-18(32)14(23)9-13-10-26-11-28-13)20(34)31-8-4-6-16(31)19(33)29-15(21(35)36)5-3-7-27-22(24)25/h10-12,14-17H,3-9,23H2,1-2H3,(H,26,28)(H,29,33)(H,30,32)(H,35,36)(H4,24,25,27). The number of hydrogen-bond donors (Lipinski definition) is 7. The molecule has 0 bridgehead atoms. The number of aromatic amines is 1. The van der Waals surface area contributed by atoms with E-state index in [0.29, 0.717) is 31.5 Å². The molecular formula is C22H37N9O5. The smallest absolute Gasteiger partial charge is 0.326 e. The maximum atomic E-state index is 13.4. The van der Waals surface area contributed by atoms with Crippen LogP contribution in [0.2, 0.25) is 0 Å². The number of aliphatic imine (C=N–C) groups is 1. The van der Waals surface area contributed by atoms with Crippen molar-refractivity contribution in [3.8, 4) is 0 Å². The van der Waals surface area contributed by atoms with Crippen LogP contribution >= 0.6 is 0 Å². The molecule has 1 aliphatic rings. The van der Waals surface area contributed by atoms with Gasteiger partial charge in [-0.3, -0.25) is 19.4 Å². The van der Waals surface area contributed by atoms with Gasteiger partial charge in [0, 0.05) is 31.4 Å². The van der Waals surface area contributed by atoms with Gasteiger partial charge < -0.3 is 42.8 Å². The molecule has 1 fully saturated rings. The van der Waals surface area contributed by atoms with E-state index in [1.807, 2.05) is 0 Å². The molecule has 1 aromatic rings. The van der Waals surface area contributed by atoms with Crippen LogP contribution < -0.4 is 27.8 Å². The molecular weight excluding hydrogens is 470 g/mol. The number of carboxylic acid groups (broad SMARTS) is 1. The van der Waals surface area contributed by atoms with Gasteiger partial charge in [-0.05, 0) is 31.6 Å². The number of aromatic nitrogens is 2. The SMILES string of the molecule is CC(C)C(NC(=O)C(N)Cc1cnc[nH]1)C(=O)N1CCCC1C(=O)NC(CCCN=C(N)N)C(=O)O. The van der Waals surface area contributed by atoms with Crippen LogP contribution in [0.3, 0.4) is 0 Å². The molecule has 1 saturated heterocycles. The number of imidazole rings is 1. The molecule has 4 atom stereocenters. The molecule has 4 unspecified atom stereocenters. The summed E-state index contributed by atoms with van der Waals surface area (Å²) in [6.45, 7) is 4.11. The second-order valence-electron chi connectivity index (χ2n) is 9.16. The lowest BCUT2D eigenvalue weighted by Gasteiger charge is -2.31. The highest BCUT2D eigenvalue weighted by molar-refractivity contribution is 5.94. The molecule has 0 radical (unpaired) electrons. The number of nitrogens with two attached hydrogens (primary N) is 3. The summed E-state index contributed by atoms with van der Waals surface area (Å²) in [6, 6.07) is -3.78. The van der Waals surface area contributed by atoms with E-state index in [0.717, 1.165) is 0 Å². The Balaban J connectivity index is 2.02. The molecule has 3 amide bonds. The number of carboxylic acids is 1. The average Bonchev–Trinajstić information content (AvgIpc) is 3.50. The molecule has 2 heterocycles. The zero-order chi connectivity index (χ0) is 26.8. The van der Waals surface area contributed by atoms with Crippen molar-refractivity contribution in [1.82, 2.24) is 25.5 Å². The number of carbonyl (C=O) groups excluding carboxylic acids is 3. The van der Waals surface area contributed by atoms with E-state index in [-0.39, 0.29) is 31.3 Å². The van der Waals surface area contributed by atoms with Crippen molar-refractivity contribution in [3.05, 3.63) is 18.2 Å². The largest absolute Gasteiger partial charge is 0.480 e. The minimum Gasteiger partial charge on any atom is -0.480 e. The molecule has 0 saturated carbocycles. The third kappa shape index (κ3) is 8.22. The van der Waals surface area contributed by atoms with Gasteiger partial charge in [-0.15, -0.1) is 0 Å². The Morgan fingerprint density at radius 1 is 1.28 bits per heavy atom. The van der Waals surface area contributed by atoms with Crippen molar-refractivity contribution < 1.29 is 24.3 Å². The van der Waals surface area contributed by atoms with Crippen molar-refractivity contribution in [3.63, 3.8) is 0 Å². The lowest BCUT2D eigenvalue weighted by Crippen LogP contribution is -2.58. The number of nitrogens with one attached hydrogen (secondary N) is 3. The number of aliphatic carboxylic acids is 1. The van der Waals surface area contributed by atoms with Crippen molar-refractivity contribution >= 4 is 29.7 Å². The molecule has 1 aromatic heterocycles. The van der Waals surface area contributed by atoms with Crippen molar-refractivity contribution in [2.24, 2.45) is 28.1 Å². The molecule has 14 nitrogen and oxygen atoms in total. The average molecular weight is 508 g/mol. The summed E-state index contributed by atoms with van der Waals surface area (Å²) in [5, 5.41) is 14.7. The Morgan fingerprint density at radius 3 is 2.58 bits per heavy atom. The fraction of sp³-hybridized carbons (Fsp3) is 0.636. The van der Waals surface area contributed by atoms with Gasteiger partial charge in [-0.25, -0.2) is 9.78 Å². The second-order valence-corrected chi connectivity index (χ2v) is 9.16. The first-order chi connectivity index (χ1) is 17.0. The Hall–Kier alpha value is -3.68. The molecule has 0 aromatic carbocycles. The zero-order valence-electron chi connectivity index (χ0n) is 20.6. The molecule has 36 heavy (non-hydrogen) atoms. The van der Waals surface area contributed by atoms with Crippen LogP contribution in [0.1, 0.15) is 45.2 Å². The molecule has 1 aliphatic heterocycles. The Kier molecular flexibility index (Phi) is 10.6. The molecule has 14 heteroatoms. The quantitative estimate of drug-likeness (QED) is 0.0889. The fourth-order valence-corrected chi connectivity index (χ4v) is 4.01. The van der Waals surface area contributed by atoms with Gasteiger partial charge in [0.2, 0.25) is 17.7 Å². The van der Waals surface area contributed by atoms with E-state index in [1.54, 1.807) is 20.0 Å². The van der Waals surface area contributed by atoms with Gasteiger partial charge in [-0.2, -0.15) is 0 Å². The number of hydrogen-bond acceptors (Lipinski definition) is 7. The topological polar surface area (TPSA) is 235 Å². The summed E-state index contributed by atoms with van der Waals surface area (Å²) in [5.41, 5.74) is 17.2.